The van der Waals surface area contributed by atoms with Gasteiger partial charge >= 0.3 is 0 Å². The molecule has 1 aromatic rings. The Bertz CT molecular complexity index is 495. The van der Waals surface area contributed by atoms with E-state index >= 15 is 0 Å². The summed E-state index contributed by atoms with van der Waals surface area (Å²) in [5, 5.41) is 0.457. The van der Waals surface area contributed by atoms with Gasteiger partial charge in [-0.15, -0.1) is 0 Å². The second kappa shape index (κ2) is 4.26. The molecule has 0 heterocycles. The maximum Gasteiger partial charge on any atom is 0.180 e. The summed E-state index contributed by atoms with van der Waals surface area (Å²) in [6.45, 7) is 0. The summed E-state index contributed by atoms with van der Waals surface area (Å²) in [5.74, 6) is 0.784. The predicted octanol–water partition coefficient (Wildman–Crippen LogP) is 2.50. The van der Waals surface area contributed by atoms with Crippen molar-refractivity contribution in [2.75, 3.05) is 11.5 Å². The molecule has 0 aromatic heterocycles. The van der Waals surface area contributed by atoms with Gasteiger partial charge in [-0.3, -0.25) is 0 Å². The lowest BCUT2D eigenvalue weighted by Crippen LogP contribution is -2.10. The topological polar surface area (TPSA) is 60.2 Å². The molecule has 0 spiro atoms. The van der Waals surface area contributed by atoms with Crippen LogP contribution in [0.15, 0.2) is 23.1 Å². The molecule has 3 nitrogen and oxygen atoms in total. The number of nitrogen functional groups attached to an aromatic ring is 1. The first-order valence-corrected chi connectivity index (χ1v) is 7.30. The Hall–Kier alpha value is -0.740. The highest BCUT2D eigenvalue weighted by Gasteiger charge is 2.25. The van der Waals surface area contributed by atoms with Gasteiger partial charge in [0.25, 0.3) is 0 Å². The van der Waals surface area contributed by atoms with Gasteiger partial charge in [-0.1, -0.05) is 24.4 Å². The first-order valence-electron chi connectivity index (χ1n) is 5.27. The van der Waals surface area contributed by atoms with Crippen molar-refractivity contribution >= 4 is 27.1 Å². The second-order valence-electron chi connectivity index (χ2n) is 4.23. The van der Waals surface area contributed by atoms with Crippen molar-refractivity contribution in [1.29, 1.82) is 0 Å². The number of sulfone groups is 1. The van der Waals surface area contributed by atoms with Crippen LogP contribution in [0.25, 0.3) is 0 Å². The highest BCUT2D eigenvalue weighted by molar-refractivity contribution is 7.91. The molecule has 0 saturated heterocycles. The fourth-order valence-corrected chi connectivity index (χ4v) is 3.38. The number of rotatable bonds is 4. The number of benzene rings is 1. The Morgan fingerprint density at radius 2 is 2.06 bits per heavy atom. The van der Waals surface area contributed by atoms with Crippen molar-refractivity contribution in [3.05, 3.63) is 23.2 Å². The Balaban J connectivity index is 2.20. The zero-order chi connectivity index (χ0) is 11.8. The highest BCUT2D eigenvalue weighted by atomic mass is 35.5. The normalized spacial score (nSPS) is 16.3. The van der Waals surface area contributed by atoms with Crippen molar-refractivity contribution in [3.63, 3.8) is 0 Å². The lowest BCUT2D eigenvalue weighted by Gasteiger charge is -2.07. The quantitative estimate of drug-likeness (QED) is 0.845. The van der Waals surface area contributed by atoms with E-state index in [1.54, 1.807) is 6.07 Å². The number of halogens is 1. The van der Waals surface area contributed by atoms with Crippen molar-refractivity contribution in [2.45, 2.75) is 24.2 Å². The molecule has 0 atom stereocenters. The molecule has 0 bridgehead atoms. The number of hydrogen-bond acceptors (Lipinski definition) is 3. The van der Waals surface area contributed by atoms with Crippen molar-refractivity contribution in [3.8, 4) is 0 Å². The standard InChI is InChI=1S/C11H14ClNO2S/c12-9-3-4-11(10(13)7-9)16(14,15)6-5-8-1-2-8/h3-4,7-8H,1-2,5-6,13H2. The van der Waals surface area contributed by atoms with Gasteiger partial charge in [0.1, 0.15) is 0 Å². The number of nitrogens with two attached hydrogens (primary N) is 1. The summed E-state index contributed by atoms with van der Waals surface area (Å²) in [4.78, 5) is 0.206. The van der Waals surface area contributed by atoms with E-state index in [0.717, 1.165) is 19.3 Å². The smallest absolute Gasteiger partial charge is 0.180 e. The Morgan fingerprint density at radius 1 is 1.38 bits per heavy atom. The van der Waals surface area contributed by atoms with Gasteiger partial charge in [0.15, 0.2) is 9.84 Å². The molecule has 0 radical (unpaired) electrons. The molecule has 1 aromatic carbocycles. The summed E-state index contributed by atoms with van der Waals surface area (Å²) in [5.41, 5.74) is 5.91. The summed E-state index contributed by atoms with van der Waals surface area (Å²) in [6, 6.07) is 4.52. The maximum absolute atomic E-state index is 12.0. The van der Waals surface area contributed by atoms with Crippen LogP contribution < -0.4 is 5.73 Å². The lowest BCUT2D eigenvalue weighted by molar-refractivity contribution is 0.591. The summed E-state index contributed by atoms with van der Waals surface area (Å²) < 4.78 is 23.9. The Morgan fingerprint density at radius 3 is 2.62 bits per heavy atom. The third-order valence-corrected chi connectivity index (χ3v) is 4.85. The first kappa shape index (κ1) is 11.7. The van der Waals surface area contributed by atoms with E-state index in [9.17, 15) is 8.42 Å². The van der Waals surface area contributed by atoms with E-state index in [-0.39, 0.29) is 16.3 Å². The first-order chi connectivity index (χ1) is 7.49. The minimum atomic E-state index is -3.25. The van der Waals surface area contributed by atoms with Crippen LogP contribution in [-0.2, 0) is 9.84 Å². The van der Waals surface area contributed by atoms with Gasteiger partial charge in [0, 0.05) is 5.02 Å². The van der Waals surface area contributed by atoms with Crippen LogP contribution in [0.2, 0.25) is 5.02 Å². The summed E-state index contributed by atoms with van der Waals surface area (Å²) >= 11 is 5.73. The fraction of sp³-hybridized carbons (Fsp3) is 0.455. The van der Waals surface area contributed by atoms with Gasteiger partial charge in [-0.25, -0.2) is 8.42 Å². The van der Waals surface area contributed by atoms with E-state index < -0.39 is 9.84 Å². The van der Waals surface area contributed by atoms with Gasteiger partial charge in [-0.2, -0.15) is 0 Å². The van der Waals surface area contributed by atoms with Crippen LogP contribution in [0, 0.1) is 5.92 Å². The monoisotopic (exact) mass is 259 g/mol. The van der Waals surface area contributed by atoms with E-state index in [2.05, 4.69) is 0 Å². The zero-order valence-corrected chi connectivity index (χ0v) is 10.4. The molecule has 0 aliphatic heterocycles. The van der Waals surface area contributed by atoms with E-state index in [4.69, 9.17) is 17.3 Å². The van der Waals surface area contributed by atoms with Crippen LogP contribution in [0.1, 0.15) is 19.3 Å². The molecule has 2 N–H and O–H groups in total. The van der Waals surface area contributed by atoms with Crippen LogP contribution in [0.3, 0.4) is 0 Å². The van der Waals surface area contributed by atoms with Crippen LogP contribution >= 0.6 is 11.6 Å². The summed E-state index contributed by atoms with van der Waals surface area (Å²) in [7, 11) is -3.25. The average molecular weight is 260 g/mol. The minimum absolute atomic E-state index is 0.184. The van der Waals surface area contributed by atoms with Crippen molar-refractivity contribution in [1.82, 2.24) is 0 Å². The van der Waals surface area contributed by atoms with E-state index in [1.165, 1.54) is 12.1 Å². The second-order valence-corrected chi connectivity index (χ2v) is 6.75. The van der Waals surface area contributed by atoms with Gasteiger partial charge in [0.2, 0.25) is 0 Å². The highest BCUT2D eigenvalue weighted by Crippen LogP contribution is 2.34. The molecule has 1 saturated carbocycles. The average Bonchev–Trinajstić information content (AvgIpc) is 2.97. The molecule has 5 heteroatoms. The molecular weight excluding hydrogens is 246 g/mol. The molecule has 1 aliphatic rings. The Labute approximate surface area is 101 Å². The molecule has 1 aliphatic carbocycles. The summed E-state index contributed by atoms with van der Waals surface area (Å²) in [6.07, 6.45) is 3.06. The van der Waals surface area contributed by atoms with Gasteiger partial charge < -0.3 is 5.73 Å². The third kappa shape index (κ3) is 2.68. The molecule has 88 valence electrons. The predicted molar refractivity (Wildman–Crippen MR) is 65.3 cm³/mol. The molecular formula is C11H14ClNO2S. The lowest BCUT2D eigenvalue weighted by atomic mass is 10.3. The fourth-order valence-electron chi connectivity index (χ4n) is 1.64. The van der Waals surface area contributed by atoms with Crippen molar-refractivity contribution in [2.24, 2.45) is 5.92 Å². The molecule has 1 fully saturated rings. The van der Waals surface area contributed by atoms with Crippen LogP contribution in [0.5, 0.6) is 0 Å². The molecule has 0 amide bonds. The van der Waals surface area contributed by atoms with Gasteiger partial charge in [0.05, 0.1) is 16.3 Å². The van der Waals surface area contributed by atoms with Crippen LogP contribution in [0.4, 0.5) is 5.69 Å². The van der Waals surface area contributed by atoms with Crippen LogP contribution in [-0.4, -0.2) is 14.2 Å². The minimum Gasteiger partial charge on any atom is -0.398 e. The van der Waals surface area contributed by atoms with Crippen molar-refractivity contribution < 1.29 is 8.42 Å². The third-order valence-electron chi connectivity index (χ3n) is 2.80. The number of anilines is 1. The van der Waals surface area contributed by atoms with E-state index in [1.807, 2.05) is 0 Å². The van der Waals surface area contributed by atoms with E-state index in [0.29, 0.717) is 10.9 Å². The zero-order valence-electron chi connectivity index (χ0n) is 8.82. The molecule has 16 heavy (non-hydrogen) atoms. The Kier molecular flexibility index (Phi) is 3.13. The molecule has 2 rings (SSSR count). The number of hydrogen-bond donors (Lipinski definition) is 1. The maximum atomic E-state index is 12.0. The SMILES string of the molecule is Nc1cc(Cl)ccc1S(=O)(=O)CCC1CC1. The van der Waals surface area contributed by atoms with Gasteiger partial charge in [-0.05, 0) is 30.5 Å². The largest absolute Gasteiger partial charge is 0.398 e. The molecule has 0 unspecified atom stereocenters.